The number of thioether (sulfide) groups is 1. The Hall–Kier alpha value is -1.72. The highest BCUT2D eigenvalue weighted by atomic mass is 35.5. The van der Waals surface area contributed by atoms with E-state index >= 15 is 0 Å². The van der Waals surface area contributed by atoms with Crippen LogP contribution in [0.2, 0.25) is 5.02 Å². The summed E-state index contributed by atoms with van der Waals surface area (Å²) < 4.78 is 18.7. The number of fused-ring (bicyclic) bond motifs is 1. The summed E-state index contributed by atoms with van der Waals surface area (Å²) in [6, 6.07) is 11.9. The smallest absolute Gasteiger partial charge is 0.166 e. The van der Waals surface area contributed by atoms with E-state index in [0.29, 0.717) is 17.4 Å². The van der Waals surface area contributed by atoms with Gasteiger partial charge in [-0.15, -0.1) is 0 Å². The molecule has 0 aliphatic rings. The van der Waals surface area contributed by atoms with Gasteiger partial charge in [0.1, 0.15) is 0 Å². The maximum absolute atomic E-state index is 13.4. The fraction of sp³-hybridized carbons (Fsp3) is 0.133. The Morgan fingerprint density at radius 2 is 2.10 bits per heavy atom. The molecule has 0 aliphatic heterocycles. The van der Waals surface area contributed by atoms with Crippen molar-refractivity contribution < 1.29 is 9.13 Å². The number of benzene rings is 2. The molecule has 0 aliphatic carbocycles. The lowest BCUT2D eigenvalue weighted by Gasteiger charge is -2.05. The van der Waals surface area contributed by atoms with E-state index in [1.807, 2.05) is 12.1 Å². The van der Waals surface area contributed by atoms with Crippen LogP contribution >= 0.6 is 23.4 Å². The largest absolute Gasteiger partial charge is 0.490 e. The molecule has 108 valence electrons. The van der Waals surface area contributed by atoms with Gasteiger partial charge < -0.3 is 9.72 Å². The number of imidazole rings is 1. The number of halogens is 2. The van der Waals surface area contributed by atoms with Crippen LogP contribution < -0.4 is 4.74 Å². The minimum atomic E-state index is -0.346. The number of H-pyrrole nitrogens is 1. The van der Waals surface area contributed by atoms with Crippen molar-refractivity contribution in [1.29, 1.82) is 0 Å². The zero-order valence-corrected chi connectivity index (χ0v) is 12.5. The summed E-state index contributed by atoms with van der Waals surface area (Å²) in [7, 11) is 0. The van der Waals surface area contributed by atoms with Gasteiger partial charge in [-0.05, 0) is 30.3 Å². The first kappa shape index (κ1) is 14.2. The second-order valence-electron chi connectivity index (χ2n) is 4.33. The predicted octanol–water partition coefficient (Wildman–Crippen LogP) is 4.53. The lowest BCUT2D eigenvalue weighted by atomic mass is 10.3. The van der Waals surface area contributed by atoms with Crippen LogP contribution in [0.25, 0.3) is 11.0 Å². The SMILES string of the molecule is Fc1ccccc1OCCSc1nc2ccc(Cl)cc2[nH]1. The number of nitrogens with zero attached hydrogens (tertiary/aromatic N) is 1. The van der Waals surface area contributed by atoms with Gasteiger partial charge in [0.15, 0.2) is 16.7 Å². The summed E-state index contributed by atoms with van der Waals surface area (Å²) in [4.78, 5) is 7.62. The van der Waals surface area contributed by atoms with Gasteiger partial charge in [0.2, 0.25) is 0 Å². The predicted molar refractivity (Wildman–Crippen MR) is 83.7 cm³/mol. The van der Waals surface area contributed by atoms with E-state index in [2.05, 4.69) is 9.97 Å². The van der Waals surface area contributed by atoms with E-state index in [1.165, 1.54) is 17.8 Å². The molecule has 3 nitrogen and oxygen atoms in total. The molecule has 0 atom stereocenters. The molecular weight excluding hydrogens is 311 g/mol. The standard InChI is InChI=1S/C15H12ClFN2OS/c16-10-5-6-12-13(9-10)19-15(18-12)21-8-7-20-14-4-2-1-3-11(14)17/h1-6,9H,7-8H2,(H,18,19). The number of aromatic amines is 1. The van der Waals surface area contributed by atoms with Gasteiger partial charge in [0, 0.05) is 10.8 Å². The number of hydrogen-bond donors (Lipinski definition) is 1. The van der Waals surface area contributed by atoms with Crippen LogP contribution in [-0.4, -0.2) is 22.3 Å². The first-order valence-corrected chi connectivity index (χ1v) is 7.74. The molecule has 1 N–H and O–H groups in total. The van der Waals surface area contributed by atoms with Gasteiger partial charge in [0.25, 0.3) is 0 Å². The molecule has 0 saturated carbocycles. The highest BCUT2D eigenvalue weighted by Gasteiger charge is 2.05. The molecule has 1 aromatic heterocycles. The number of ether oxygens (including phenoxy) is 1. The molecule has 0 saturated heterocycles. The quantitative estimate of drug-likeness (QED) is 0.554. The van der Waals surface area contributed by atoms with Crippen molar-refractivity contribution in [1.82, 2.24) is 9.97 Å². The maximum atomic E-state index is 13.4. The molecule has 0 unspecified atom stereocenters. The molecule has 6 heteroatoms. The van der Waals surface area contributed by atoms with E-state index in [0.717, 1.165) is 16.2 Å². The zero-order chi connectivity index (χ0) is 14.7. The molecule has 0 amide bonds. The second kappa shape index (κ2) is 6.37. The Bertz CT molecular complexity index is 762. The van der Waals surface area contributed by atoms with Gasteiger partial charge in [-0.25, -0.2) is 9.37 Å². The van der Waals surface area contributed by atoms with Gasteiger partial charge in [-0.3, -0.25) is 0 Å². The van der Waals surface area contributed by atoms with Crippen molar-refractivity contribution >= 4 is 34.4 Å². The van der Waals surface area contributed by atoms with E-state index < -0.39 is 0 Å². The van der Waals surface area contributed by atoms with Gasteiger partial charge in [-0.1, -0.05) is 35.5 Å². The molecule has 2 aromatic carbocycles. The number of para-hydroxylation sites is 1. The Kier molecular flexibility index (Phi) is 4.31. The summed E-state index contributed by atoms with van der Waals surface area (Å²) >= 11 is 7.45. The highest BCUT2D eigenvalue weighted by molar-refractivity contribution is 7.99. The summed E-state index contributed by atoms with van der Waals surface area (Å²) in [6.45, 7) is 0.406. The number of rotatable bonds is 5. The Labute approximate surface area is 130 Å². The normalized spacial score (nSPS) is 11.0. The highest BCUT2D eigenvalue weighted by Crippen LogP contribution is 2.22. The van der Waals surface area contributed by atoms with E-state index in [-0.39, 0.29) is 11.6 Å². The van der Waals surface area contributed by atoms with Crippen LogP contribution in [0.4, 0.5) is 4.39 Å². The number of nitrogens with one attached hydrogen (secondary N) is 1. The van der Waals surface area contributed by atoms with Gasteiger partial charge in [0.05, 0.1) is 17.6 Å². The minimum absolute atomic E-state index is 0.273. The van der Waals surface area contributed by atoms with Crippen LogP contribution in [0, 0.1) is 5.82 Å². The maximum Gasteiger partial charge on any atom is 0.166 e. The Morgan fingerprint density at radius 3 is 2.95 bits per heavy atom. The zero-order valence-electron chi connectivity index (χ0n) is 11.0. The summed E-state index contributed by atoms with van der Waals surface area (Å²) in [5.74, 6) is 0.595. The van der Waals surface area contributed by atoms with Crippen LogP contribution in [0.3, 0.4) is 0 Å². The fourth-order valence-corrected chi connectivity index (χ4v) is 2.76. The van der Waals surface area contributed by atoms with E-state index in [9.17, 15) is 4.39 Å². The summed E-state index contributed by atoms with van der Waals surface area (Å²) in [5, 5.41) is 1.47. The van der Waals surface area contributed by atoms with E-state index in [4.69, 9.17) is 16.3 Å². The van der Waals surface area contributed by atoms with Crippen LogP contribution in [0.5, 0.6) is 5.75 Å². The molecule has 0 fully saturated rings. The molecule has 0 bridgehead atoms. The molecule has 3 rings (SSSR count). The van der Waals surface area contributed by atoms with Crippen LogP contribution in [-0.2, 0) is 0 Å². The summed E-state index contributed by atoms with van der Waals surface area (Å²) in [5.41, 5.74) is 1.77. The third-order valence-corrected chi connectivity index (χ3v) is 3.91. The molecule has 3 aromatic rings. The van der Waals surface area contributed by atoms with Crippen molar-refractivity contribution in [3.63, 3.8) is 0 Å². The molecule has 21 heavy (non-hydrogen) atoms. The lowest BCUT2D eigenvalue weighted by Crippen LogP contribution is -2.01. The Morgan fingerprint density at radius 1 is 1.24 bits per heavy atom. The third kappa shape index (κ3) is 3.49. The van der Waals surface area contributed by atoms with Crippen molar-refractivity contribution in [3.8, 4) is 5.75 Å². The molecular formula is C15H12ClFN2OS. The average molecular weight is 323 g/mol. The average Bonchev–Trinajstić information content (AvgIpc) is 2.87. The third-order valence-electron chi connectivity index (χ3n) is 2.84. The van der Waals surface area contributed by atoms with Crippen molar-refractivity contribution in [3.05, 3.63) is 53.3 Å². The van der Waals surface area contributed by atoms with Crippen LogP contribution in [0.15, 0.2) is 47.6 Å². The number of aromatic nitrogens is 2. The number of hydrogen-bond acceptors (Lipinski definition) is 3. The van der Waals surface area contributed by atoms with Crippen molar-refractivity contribution in [2.24, 2.45) is 0 Å². The van der Waals surface area contributed by atoms with Gasteiger partial charge in [-0.2, -0.15) is 0 Å². The minimum Gasteiger partial charge on any atom is -0.490 e. The lowest BCUT2D eigenvalue weighted by molar-refractivity contribution is 0.325. The van der Waals surface area contributed by atoms with Crippen molar-refractivity contribution in [2.45, 2.75) is 5.16 Å². The van der Waals surface area contributed by atoms with E-state index in [1.54, 1.807) is 24.3 Å². The molecule has 0 spiro atoms. The molecule has 1 heterocycles. The first-order valence-electron chi connectivity index (χ1n) is 6.38. The summed E-state index contributed by atoms with van der Waals surface area (Å²) in [6.07, 6.45) is 0. The van der Waals surface area contributed by atoms with Crippen LogP contribution in [0.1, 0.15) is 0 Å². The monoisotopic (exact) mass is 322 g/mol. The first-order chi connectivity index (χ1) is 10.2. The van der Waals surface area contributed by atoms with Gasteiger partial charge >= 0.3 is 0 Å². The second-order valence-corrected chi connectivity index (χ2v) is 5.85. The molecule has 0 radical (unpaired) electrons. The van der Waals surface area contributed by atoms with Crippen molar-refractivity contribution in [2.75, 3.05) is 12.4 Å². The Balaban J connectivity index is 1.56. The topological polar surface area (TPSA) is 37.9 Å². The fourth-order valence-electron chi connectivity index (χ4n) is 1.88.